The largest absolute Gasteiger partial charge is 0.496 e. The van der Waals surface area contributed by atoms with Crippen LogP contribution in [0.25, 0.3) is 0 Å². The van der Waals surface area contributed by atoms with Crippen molar-refractivity contribution < 1.29 is 9.47 Å². The molecule has 106 valence electrons. The van der Waals surface area contributed by atoms with Gasteiger partial charge in [-0.2, -0.15) is 0 Å². The third-order valence-corrected chi connectivity index (χ3v) is 3.57. The maximum Gasteiger partial charge on any atom is 0.127 e. The highest BCUT2D eigenvalue weighted by Gasteiger charge is 2.15. The van der Waals surface area contributed by atoms with Crippen molar-refractivity contribution in [1.82, 2.24) is 4.90 Å². The fourth-order valence-electron chi connectivity index (χ4n) is 2.57. The number of hydrogen-bond donors (Lipinski definition) is 1. The molecular weight excluding hydrogens is 240 g/mol. The molecule has 19 heavy (non-hydrogen) atoms. The Morgan fingerprint density at radius 3 is 2.58 bits per heavy atom. The standard InChI is InChI=1S/C15H24N2O2/c1-12(16)15-13(18-2)6-5-7-14(15)19-11-10-17-8-3-4-9-17/h5-7,12H,3-4,8-11,16H2,1-2H3/t12-/m1/s1. The maximum absolute atomic E-state index is 6.01. The molecule has 0 spiro atoms. The Morgan fingerprint density at radius 1 is 1.26 bits per heavy atom. The zero-order valence-corrected chi connectivity index (χ0v) is 11.9. The van der Waals surface area contributed by atoms with Crippen LogP contribution in [0.1, 0.15) is 31.4 Å². The minimum absolute atomic E-state index is 0.0991. The van der Waals surface area contributed by atoms with E-state index in [0.29, 0.717) is 6.61 Å². The lowest BCUT2D eigenvalue weighted by molar-refractivity contribution is 0.235. The zero-order valence-electron chi connectivity index (χ0n) is 11.9. The van der Waals surface area contributed by atoms with Crippen LogP contribution < -0.4 is 15.2 Å². The number of nitrogens with zero attached hydrogens (tertiary/aromatic N) is 1. The van der Waals surface area contributed by atoms with Gasteiger partial charge >= 0.3 is 0 Å². The van der Waals surface area contributed by atoms with E-state index in [-0.39, 0.29) is 6.04 Å². The minimum Gasteiger partial charge on any atom is -0.496 e. The normalized spacial score (nSPS) is 17.4. The quantitative estimate of drug-likeness (QED) is 0.855. The highest BCUT2D eigenvalue weighted by atomic mass is 16.5. The monoisotopic (exact) mass is 264 g/mol. The summed E-state index contributed by atoms with van der Waals surface area (Å²) in [7, 11) is 1.66. The number of likely N-dealkylation sites (tertiary alicyclic amines) is 1. The average molecular weight is 264 g/mol. The third kappa shape index (κ3) is 3.61. The lowest BCUT2D eigenvalue weighted by Crippen LogP contribution is -2.25. The Hall–Kier alpha value is -1.26. The van der Waals surface area contributed by atoms with E-state index in [0.717, 1.165) is 23.6 Å². The number of hydrogen-bond acceptors (Lipinski definition) is 4. The van der Waals surface area contributed by atoms with Gasteiger partial charge in [0.15, 0.2) is 0 Å². The number of ether oxygens (including phenoxy) is 2. The zero-order chi connectivity index (χ0) is 13.7. The van der Waals surface area contributed by atoms with Crippen molar-refractivity contribution >= 4 is 0 Å². The molecule has 1 aromatic carbocycles. The van der Waals surface area contributed by atoms with Crippen LogP contribution in [-0.4, -0.2) is 38.3 Å². The number of benzene rings is 1. The summed E-state index contributed by atoms with van der Waals surface area (Å²) in [6, 6.07) is 5.73. The summed E-state index contributed by atoms with van der Waals surface area (Å²) in [5, 5.41) is 0. The van der Waals surface area contributed by atoms with Gasteiger partial charge < -0.3 is 15.2 Å². The highest BCUT2D eigenvalue weighted by molar-refractivity contribution is 5.46. The number of methoxy groups -OCH3 is 1. The predicted molar refractivity (Wildman–Crippen MR) is 76.8 cm³/mol. The molecule has 1 saturated heterocycles. The van der Waals surface area contributed by atoms with Crippen LogP contribution in [-0.2, 0) is 0 Å². The van der Waals surface area contributed by atoms with Crippen LogP contribution >= 0.6 is 0 Å². The predicted octanol–water partition coefficient (Wildman–Crippen LogP) is 2.19. The van der Waals surface area contributed by atoms with Gasteiger partial charge in [0.2, 0.25) is 0 Å². The van der Waals surface area contributed by atoms with Crippen LogP contribution in [0.4, 0.5) is 0 Å². The van der Waals surface area contributed by atoms with Gasteiger partial charge in [-0.15, -0.1) is 0 Å². The molecule has 0 radical (unpaired) electrons. The van der Waals surface area contributed by atoms with Crippen molar-refractivity contribution in [2.45, 2.75) is 25.8 Å². The lowest BCUT2D eigenvalue weighted by Gasteiger charge is -2.19. The highest BCUT2D eigenvalue weighted by Crippen LogP contribution is 2.32. The van der Waals surface area contributed by atoms with Gasteiger partial charge in [-0.3, -0.25) is 4.90 Å². The fourth-order valence-corrected chi connectivity index (χ4v) is 2.57. The van der Waals surface area contributed by atoms with Crippen LogP contribution in [0.3, 0.4) is 0 Å². The van der Waals surface area contributed by atoms with Gasteiger partial charge in [0.25, 0.3) is 0 Å². The Labute approximate surface area is 115 Å². The molecule has 1 fully saturated rings. The van der Waals surface area contributed by atoms with Gasteiger partial charge in [-0.05, 0) is 45.0 Å². The third-order valence-electron chi connectivity index (χ3n) is 3.57. The molecule has 1 atom stereocenters. The van der Waals surface area contributed by atoms with Crippen molar-refractivity contribution in [2.75, 3.05) is 33.4 Å². The first-order valence-corrected chi connectivity index (χ1v) is 7.00. The van der Waals surface area contributed by atoms with Crippen molar-refractivity contribution in [3.63, 3.8) is 0 Å². The van der Waals surface area contributed by atoms with Gasteiger partial charge in [0, 0.05) is 12.6 Å². The maximum atomic E-state index is 6.01. The molecule has 1 aliphatic heterocycles. The summed E-state index contributed by atoms with van der Waals surface area (Å²) in [5.74, 6) is 1.64. The van der Waals surface area contributed by atoms with E-state index in [4.69, 9.17) is 15.2 Å². The smallest absolute Gasteiger partial charge is 0.127 e. The lowest BCUT2D eigenvalue weighted by atomic mass is 10.1. The second kappa shape index (κ2) is 6.78. The van der Waals surface area contributed by atoms with E-state index in [1.54, 1.807) is 7.11 Å². The van der Waals surface area contributed by atoms with Crippen molar-refractivity contribution in [3.8, 4) is 11.5 Å². The Kier molecular flexibility index (Phi) is 5.05. The van der Waals surface area contributed by atoms with Gasteiger partial charge in [-0.25, -0.2) is 0 Å². The summed E-state index contributed by atoms with van der Waals surface area (Å²) in [4.78, 5) is 2.44. The first kappa shape index (κ1) is 14.2. The molecule has 2 N–H and O–H groups in total. The molecule has 0 bridgehead atoms. The summed E-state index contributed by atoms with van der Waals surface area (Å²) >= 11 is 0. The van der Waals surface area contributed by atoms with E-state index in [9.17, 15) is 0 Å². The number of nitrogens with two attached hydrogens (primary N) is 1. The van der Waals surface area contributed by atoms with Crippen LogP contribution in [0, 0.1) is 0 Å². The molecule has 2 rings (SSSR count). The molecule has 1 aromatic rings. The minimum atomic E-state index is -0.0991. The molecule has 1 heterocycles. The molecule has 0 unspecified atom stereocenters. The van der Waals surface area contributed by atoms with Gasteiger partial charge in [0.1, 0.15) is 18.1 Å². The Morgan fingerprint density at radius 2 is 1.95 bits per heavy atom. The summed E-state index contributed by atoms with van der Waals surface area (Å²) in [5.41, 5.74) is 6.96. The van der Waals surface area contributed by atoms with Crippen molar-refractivity contribution in [3.05, 3.63) is 23.8 Å². The molecule has 0 saturated carbocycles. The van der Waals surface area contributed by atoms with Gasteiger partial charge in [-0.1, -0.05) is 6.07 Å². The molecule has 0 amide bonds. The van der Waals surface area contributed by atoms with E-state index < -0.39 is 0 Å². The SMILES string of the molecule is COc1cccc(OCCN2CCCC2)c1[C@@H](C)N. The van der Waals surface area contributed by atoms with E-state index in [2.05, 4.69) is 4.90 Å². The van der Waals surface area contributed by atoms with Crippen LogP contribution in [0.2, 0.25) is 0 Å². The number of rotatable bonds is 6. The van der Waals surface area contributed by atoms with E-state index in [1.807, 2.05) is 25.1 Å². The summed E-state index contributed by atoms with van der Waals surface area (Å²) in [6.45, 7) is 6.02. The molecule has 0 aromatic heterocycles. The van der Waals surface area contributed by atoms with Gasteiger partial charge in [0.05, 0.1) is 12.7 Å². The molecule has 0 aliphatic carbocycles. The van der Waals surface area contributed by atoms with Crippen LogP contribution in [0.5, 0.6) is 11.5 Å². The first-order chi connectivity index (χ1) is 9.22. The first-order valence-electron chi connectivity index (χ1n) is 7.00. The van der Waals surface area contributed by atoms with E-state index >= 15 is 0 Å². The average Bonchev–Trinajstić information content (AvgIpc) is 2.91. The van der Waals surface area contributed by atoms with Crippen molar-refractivity contribution in [1.29, 1.82) is 0 Å². The summed E-state index contributed by atoms with van der Waals surface area (Å²) < 4.78 is 11.3. The Balaban J connectivity index is 1.98. The molecule has 4 nitrogen and oxygen atoms in total. The summed E-state index contributed by atoms with van der Waals surface area (Å²) in [6.07, 6.45) is 2.62. The van der Waals surface area contributed by atoms with E-state index in [1.165, 1.54) is 25.9 Å². The molecule has 4 heteroatoms. The molecule has 1 aliphatic rings. The fraction of sp³-hybridized carbons (Fsp3) is 0.600. The van der Waals surface area contributed by atoms with Crippen LogP contribution in [0.15, 0.2) is 18.2 Å². The topological polar surface area (TPSA) is 47.7 Å². The Bertz CT molecular complexity index is 401. The second-order valence-electron chi connectivity index (χ2n) is 5.06. The molecular formula is C15H24N2O2. The van der Waals surface area contributed by atoms with Crippen molar-refractivity contribution in [2.24, 2.45) is 5.73 Å². The second-order valence-corrected chi connectivity index (χ2v) is 5.06.